The summed E-state index contributed by atoms with van der Waals surface area (Å²) in [6.45, 7) is 3.19. The molecule has 1 heterocycles. The van der Waals surface area contributed by atoms with Gasteiger partial charge in [-0.1, -0.05) is 36.6 Å². The number of aromatic nitrogens is 3. The van der Waals surface area contributed by atoms with Crippen LogP contribution in [0.15, 0.2) is 24.3 Å². The predicted molar refractivity (Wildman–Crippen MR) is 87.2 cm³/mol. The summed E-state index contributed by atoms with van der Waals surface area (Å²) in [7, 11) is 0. The van der Waals surface area contributed by atoms with E-state index in [9.17, 15) is 5.26 Å². The van der Waals surface area contributed by atoms with Gasteiger partial charge in [-0.2, -0.15) is 5.26 Å². The van der Waals surface area contributed by atoms with Crippen LogP contribution in [-0.4, -0.2) is 21.6 Å². The van der Waals surface area contributed by atoms with Crippen LogP contribution < -0.4 is 4.74 Å². The van der Waals surface area contributed by atoms with Crippen molar-refractivity contribution in [2.45, 2.75) is 51.5 Å². The summed E-state index contributed by atoms with van der Waals surface area (Å²) in [6, 6.07) is 10.2. The van der Waals surface area contributed by atoms with E-state index in [1.807, 2.05) is 35.9 Å². The third-order valence-corrected chi connectivity index (χ3v) is 4.43. The monoisotopic (exact) mass is 310 g/mol. The van der Waals surface area contributed by atoms with Crippen LogP contribution in [0, 0.1) is 18.3 Å². The molecule has 0 atom stereocenters. The Hall–Kier alpha value is -2.35. The Bertz CT molecular complexity index is 695. The second-order valence-electron chi connectivity index (χ2n) is 6.16. The first-order valence-corrected chi connectivity index (χ1v) is 8.31. The van der Waals surface area contributed by atoms with Crippen LogP contribution in [0.3, 0.4) is 0 Å². The number of rotatable bonds is 5. The third kappa shape index (κ3) is 3.70. The molecule has 120 valence electrons. The van der Waals surface area contributed by atoms with Crippen molar-refractivity contribution in [3.63, 3.8) is 0 Å². The fourth-order valence-electron chi connectivity index (χ4n) is 3.30. The summed E-state index contributed by atoms with van der Waals surface area (Å²) in [4.78, 5) is 0. The minimum absolute atomic E-state index is 0.410. The zero-order valence-corrected chi connectivity index (χ0v) is 13.5. The van der Waals surface area contributed by atoms with Gasteiger partial charge >= 0.3 is 0 Å². The fraction of sp³-hybridized carbons (Fsp3) is 0.500. The molecule has 0 spiro atoms. The maximum Gasteiger partial charge on any atom is 0.186 e. The zero-order valence-electron chi connectivity index (χ0n) is 13.5. The molecule has 0 N–H and O–H groups in total. The first kappa shape index (κ1) is 15.5. The number of benzene rings is 1. The summed E-state index contributed by atoms with van der Waals surface area (Å²) >= 11 is 0. The largest absolute Gasteiger partial charge is 0.492 e. The molecule has 3 rings (SSSR count). The second kappa shape index (κ2) is 7.28. The Morgan fingerprint density at radius 2 is 2.13 bits per heavy atom. The van der Waals surface area contributed by atoms with Crippen LogP contribution in [-0.2, 0) is 6.54 Å². The standard InChI is InChI=1S/C18H22N4O/c1-14-6-5-9-16(12-14)23-11-10-22-18(17(13-19)20-21-22)15-7-3-2-4-8-15/h5-6,9,12,15H,2-4,7-8,10-11H2,1H3. The van der Waals surface area contributed by atoms with Gasteiger partial charge in [0.25, 0.3) is 0 Å². The van der Waals surface area contributed by atoms with E-state index in [0.717, 1.165) is 24.3 Å². The van der Waals surface area contributed by atoms with Crippen molar-refractivity contribution in [1.82, 2.24) is 15.0 Å². The molecule has 0 aliphatic heterocycles. The molecule has 0 bridgehead atoms. The molecule has 0 amide bonds. The Labute approximate surface area is 136 Å². The molecule has 23 heavy (non-hydrogen) atoms. The molecule has 1 aliphatic rings. The highest BCUT2D eigenvalue weighted by Crippen LogP contribution is 2.33. The molecular formula is C18H22N4O. The van der Waals surface area contributed by atoms with Gasteiger partial charge in [0, 0.05) is 5.92 Å². The highest BCUT2D eigenvalue weighted by atomic mass is 16.5. The summed E-state index contributed by atoms with van der Waals surface area (Å²) < 4.78 is 7.67. The van der Waals surface area contributed by atoms with Crippen molar-refractivity contribution in [3.8, 4) is 11.8 Å². The predicted octanol–water partition coefficient (Wildman–Crippen LogP) is 3.58. The number of hydrogen-bond acceptors (Lipinski definition) is 4. The van der Waals surface area contributed by atoms with Gasteiger partial charge in [-0.3, -0.25) is 0 Å². The summed E-state index contributed by atoms with van der Waals surface area (Å²) in [5.41, 5.74) is 2.66. The van der Waals surface area contributed by atoms with E-state index in [2.05, 4.69) is 16.4 Å². The second-order valence-corrected chi connectivity index (χ2v) is 6.16. The van der Waals surface area contributed by atoms with Crippen LogP contribution in [0.4, 0.5) is 0 Å². The number of nitrogens with zero attached hydrogens (tertiary/aromatic N) is 4. The lowest BCUT2D eigenvalue weighted by Gasteiger charge is -2.22. The number of hydrogen-bond donors (Lipinski definition) is 0. The molecule has 2 aromatic rings. The van der Waals surface area contributed by atoms with Gasteiger partial charge in [0.05, 0.1) is 12.2 Å². The van der Waals surface area contributed by atoms with Crippen molar-refractivity contribution in [2.24, 2.45) is 0 Å². The van der Waals surface area contributed by atoms with Crippen LogP contribution in [0.1, 0.15) is 55.0 Å². The lowest BCUT2D eigenvalue weighted by atomic mass is 9.86. The van der Waals surface area contributed by atoms with Crippen molar-refractivity contribution in [2.75, 3.05) is 6.61 Å². The normalized spacial score (nSPS) is 15.3. The van der Waals surface area contributed by atoms with E-state index < -0.39 is 0 Å². The van der Waals surface area contributed by atoms with Crippen LogP contribution in [0.5, 0.6) is 5.75 Å². The fourth-order valence-corrected chi connectivity index (χ4v) is 3.30. The van der Waals surface area contributed by atoms with Crippen LogP contribution >= 0.6 is 0 Å². The van der Waals surface area contributed by atoms with Gasteiger partial charge < -0.3 is 4.74 Å². The molecule has 5 heteroatoms. The molecule has 1 fully saturated rings. The Kier molecular flexibility index (Phi) is 4.92. The highest BCUT2D eigenvalue weighted by Gasteiger charge is 2.24. The number of aryl methyl sites for hydroxylation is 1. The van der Waals surface area contributed by atoms with Crippen molar-refractivity contribution in [1.29, 1.82) is 5.26 Å². The molecule has 0 radical (unpaired) electrons. The van der Waals surface area contributed by atoms with Crippen LogP contribution in [0.25, 0.3) is 0 Å². The van der Waals surface area contributed by atoms with E-state index in [-0.39, 0.29) is 0 Å². The topological polar surface area (TPSA) is 63.7 Å². The molecule has 1 aromatic carbocycles. The van der Waals surface area contributed by atoms with E-state index in [1.165, 1.54) is 24.8 Å². The first-order chi connectivity index (χ1) is 11.3. The highest BCUT2D eigenvalue weighted by molar-refractivity contribution is 5.29. The SMILES string of the molecule is Cc1cccc(OCCn2nnc(C#N)c2C2CCCCC2)c1. The van der Waals surface area contributed by atoms with Crippen molar-refractivity contribution >= 4 is 0 Å². The Morgan fingerprint density at radius 3 is 2.87 bits per heavy atom. The summed E-state index contributed by atoms with van der Waals surface area (Å²) in [6.07, 6.45) is 5.99. The van der Waals surface area contributed by atoms with Gasteiger partial charge in [0.2, 0.25) is 0 Å². The lowest BCUT2D eigenvalue weighted by Crippen LogP contribution is -2.17. The molecule has 1 aromatic heterocycles. The number of nitriles is 1. The molecule has 0 saturated heterocycles. The third-order valence-electron chi connectivity index (χ3n) is 4.43. The minimum Gasteiger partial charge on any atom is -0.492 e. The van der Waals surface area contributed by atoms with E-state index in [0.29, 0.717) is 24.8 Å². The van der Waals surface area contributed by atoms with Gasteiger partial charge in [0.15, 0.2) is 5.69 Å². The van der Waals surface area contributed by atoms with Crippen LogP contribution in [0.2, 0.25) is 0 Å². The van der Waals surface area contributed by atoms with E-state index in [4.69, 9.17) is 4.74 Å². The van der Waals surface area contributed by atoms with E-state index in [1.54, 1.807) is 0 Å². The molecule has 1 saturated carbocycles. The molecule has 0 unspecified atom stereocenters. The maximum atomic E-state index is 9.30. The average Bonchev–Trinajstić information content (AvgIpc) is 2.99. The van der Waals surface area contributed by atoms with Gasteiger partial charge in [0.1, 0.15) is 18.4 Å². The molecular weight excluding hydrogens is 288 g/mol. The summed E-state index contributed by atoms with van der Waals surface area (Å²) in [5, 5.41) is 17.5. The van der Waals surface area contributed by atoms with Gasteiger partial charge in [-0.15, -0.1) is 5.10 Å². The van der Waals surface area contributed by atoms with Crippen molar-refractivity contribution in [3.05, 3.63) is 41.2 Å². The van der Waals surface area contributed by atoms with Crippen molar-refractivity contribution < 1.29 is 4.74 Å². The first-order valence-electron chi connectivity index (χ1n) is 8.31. The maximum absolute atomic E-state index is 9.30. The lowest BCUT2D eigenvalue weighted by molar-refractivity contribution is 0.283. The summed E-state index contributed by atoms with van der Waals surface area (Å²) in [5.74, 6) is 1.28. The quantitative estimate of drug-likeness (QED) is 0.846. The Morgan fingerprint density at radius 1 is 1.30 bits per heavy atom. The minimum atomic E-state index is 0.410. The van der Waals surface area contributed by atoms with Gasteiger partial charge in [-0.05, 0) is 37.5 Å². The Balaban J connectivity index is 1.68. The van der Waals surface area contributed by atoms with Gasteiger partial charge in [-0.25, -0.2) is 4.68 Å². The molecule has 5 nitrogen and oxygen atoms in total. The van der Waals surface area contributed by atoms with E-state index >= 15 is 0 Å². The number of ether oxygens (including phenoxy) is 1. The molecule has 1 aliphatic carbocycles. The smallest absolute Gasteiger partial charge is 0.186 e. The average molecular weight is 310 g/mol. The zero-order chi connectivity index (χ0) is 16.1.